The van der Waals surface area contributed by atoms with Crippen molar-refractivity contribution in [2.45, 2.75) is 57.9 Å². The molecule has 1 aromatic rings. The van der Waals surface area contributed by atoms with Crippen LogP contribution in [0.2, 0.25) is 0 Å². The molecule has 6 heteroatoms. The fraction of sp³-hybridized carbons (Fsp3) is 0.571. The molecule has 0 radical (unpaired) electrons. The molecule has 0 saturated carbocycles. The SMILES string of the molecule is CCCCCCOc1ccc(N2C(=O)C[C@H](N3CCC(=O)CC3)C2=O)cc1. The Morgan fingerprint density at radius 2 is 1.70 bits per heavy atom. The third kappa shape index (κ3) is 4.75. The lowest BCUT2D eigenvalue weighted by Gasteiger charge is -2.29. The normalized spacial score (nSPS) is 21.1. The van der Waals surface area contributed by atoms with E-state index in [1.807, 2.05) is 17.0 Å². The lowest BCUT2D eigenvalue weighted by atomic mass is 10.1. The summed E-state index contributed by atoms with van der Waals surface area (Å²) in [6.45, 7) is 3.97. The van der Waals surface area contributed by atoms with Crippen molar-refractivity contribution in [2.75, 3.05) is 24.6 Å². The molecule has 0 spiro atoms. The molecule has 0 aromatic heterocycles. The zero-order chi connectivity index (χ0) is 19.2. The van der Waals surface area contributed by atoms with Crippen LogP contribution in [0.4, 0.5) is 5.69 Å². The number of amides is 2. The van der Waals surface area contributed by atoms with Gasteiger partial charge in [0.05, 0.1) is 24.8 Å². The van der Waals surface area contributed by atoms with Gasteiger partial charge in [-0.05, 0) is 30.7 Å². The number of carbonyl (C=O) groups excluding carboxylic acids is 3. The number of anilines is 1. The summed E-state index contributed by atoms with van der Waals surface area (Å²) >= 11 is 0. The Hall–Kier alpha value is -2.21. The van der Waals surface area contributed by atoms with E-state index in [4.69, 9.17) is 4.74 Å². The smallest absolute Gasteiger partial charge is 0.251 e. The summed E-state index contributed by atoms with van der Waals surface area (Å²) in [5, 5.41) is 0. The van der Waals surface area contributed by atoms with E-state index < -0.39 is 6.04 Å². The molecule has 6 nitrogen and oxygen atoms in total. The van der Waals surface area contributed by atoms with Crippen LogP contribution >= 0.6 is 0 Å². The monoisotopic (exact) mass is 372 g/mol. The van der Waals surface area contributed by atoms with E-state index in [1.165, 1.54) is 17.7 Å². The third-order valence-electron chi connectivity index (χ3n) is 5.28. The Balaban J connectivity index is 1.58. The molecule has 1 atom stereocenters. The zero-order valence-corrected chi connectivity index (χ0v) is 16.0. The first-order valence-corrected chi connectivity index (χ1v) is 9.95. The lowest BCUT2D eigenvalue weighted by Crippen LogP contribution is -2.46. The maximum absolute atomic E-state index is 12.8. The first-order chi connectivity index (χ1) is 13.1. The van der Waals surface area contributed by atoms with Gasteiger partial charge in [-0.3, -0.25) is 19.3 Å². The number of Topliss-reactive ketones (excluding diaryl/α,β-unsaturated/α-hetero) is 1. The molecular formula is C21H28N2O4. The van der Waals surface area contributed by atoms with Crippen LogP contribution in [-0.4, -0.2) is 48.2 Å². The van der Waals surface area contributed by atoms with E-state index in [1.54, 1.807) is 12.1 Å². The molecule has 2 heterocycles. The highest BCUT2D eigenvalue weighted by Crippen LogP contribution is 2.28. The summed E-state index contributed by atoms with van der Waals surface area (Å²) in [5.74, 6) is 0.600. The van der Waals surface area contributed by atoms with Gasteiger partial charge >= 0.3 is 0 Å². The van der Waals surface area contributed by atoms with Crippen molar-refractivity contribution in [1.29, 1.82) is 0 Å². The van der Waals surface area contributed by atoms with Gasteiger partial charge in [-0.2, -0.15) is 0 Å². The number of nitrogens with zero attached hydrogens (tertiary/aromatic N) is 2. The second-order valence-electron chi connectivity index (χ2n) is 7.26. The van der Waals surface area contributed by atoms with Crippen LogP contribution in [0.15, 0.2) is 24.3 Å². The quantitative estimate of drug-likeness (QED) is 0.518. The molecule has 0 unspecified atom stereocenters. The number of unbranched alkanes of at least 4 members (excludes halogenated alkanes) is 3. The minimum Gasteiger partial charge on any atom is -0.494 e. The summed E-state index contributed by atoms with van der Waals surface area (Å²) < 4.78 is 5.72. The molecule has 2 aliphatic heterocycles. The van der Waals surface area contributed by atoms with Gasteiger partial charge < -0.3 is 4.74 Å². The first kappa shape index (κ1) is 19.5. The summed E-state index contributed by atoms with van der Waals surface area (Å²) in [6, 6.07) is 6.70. The Morgan fingerprint density at radius 3 is 2.37 bits per heavy atom. The van der Waals surface area contributed by atoms with Crippen LogP contribution in [-0.2, 0) is 14.4 Å². The Labute approximate surface area is 160 Å². The Morgan fingerprint density at radius 1 is 1.00 bits per heavy atom. The third-order valence-corrected chi connectivity index (χ3v) is 5.28. The van der Waals surface area contributed by atoms with Crippen LogP contribution in [0, 0.1) is 0 Å². The molecule has 2 amide bonds. The molecule has 2 saturated heterocycles. The molecule has 3 rings (SSSR count). The molecule has 1 aromatic carbocycles. The van der Waals surface area contributed by atoms with Gasteiger partial charge in [-0.15, -0.1) is 0 Å². The first-order valence-electron chi connectivity index (χ1n) is 9.95. The molecule has 2 aliphatic rings. The summed E-state index contributed by atoms with van der Waals surface area (Å²) in [7, 11) is 0. The van der Waals surface area contributed by atoms with Gasteiger partial charge in [0.1, 0.15) is 11.5 Å². The number of benzene rings is 1. The van der Waals surface area contributed by atoms with Gasteiger partial charge in [0.2, 0.25) is 5.91 Å². The molecular weight excluding hydrogens is 344 g/mol. The number of likely N-dealkylation sites (tertiary alicyclic amines) is 1. The predicted octanol–water partition coefficient (Wildman–Crippen LogP) is 2.94. The minimum absolute atomic E-state index is 0.183. The fourth-order valence-electron chi connectivity index (χ4n) is 3.67. The molecule has 0 N–H and O–H groups in total. The van der Waals surface area contributed by atoms with E-state index in [0.717, 1.165) is 18.6 Å². The molecule has 0 aliphatic carbocycles. The highest BCUT2D eigenvalue weighted by Gasteiger charge is 2.43. The Kier molecular flexibility index (Phi) is 6.61. The number of carbonyl (C=O) groups is 3. The van der Waals surface area contributed by atoms with Gasteiger partial charge in [0.25, 0.3) is 5.91 Å². The van der Waals surface area contributed by atoms with Crippen molar-refractivity contribution < 1.29 is 19.1 Å². The zero-order valence-electron chi connectivity index (χ0n) is 16.0. The van der Waals surface area contributed by atoms with Crippen LogP contribution in [0.25, 0.3) is 0 Å². The number of imide groups is 1. The standard InChI is InChI=1S/C21H28N2O4/c1-2-3-4-5-14-27-18-8-6-16(7-9-18)23-20(25)15-19(21(23)26)22-12-10-17(24)11-13-22/h6-9,19H,2-5,10-15H2,1H3/t19-/m0/s1. The van der Waals surface area contributed by atoms with Crippen molar-refractivity contribution in [3.63, 3.8) is 0 Å². The number of ether oxygens (including phenoxy) is 1. The van der Waals surface area contributed by atoms with Gasteiger partial charge in [0.15, 0.2) is 0 Å². The topological polar surface area (TPSA) is 66.9 Å². The summed E-state index contributed by atoms with van der Waals surface area (Å²) in [4.78, 5) is 39.9. The van der Waals surface area contributed by atoms with Crippen molar-refractivity contribution >= 4 is 23.3 Å². The van der Waals surface area contributed by atoms with E-state index in [-0.39, 0.29) is 24.0 Å². The molecule has 146 valence electrons. The maximum Gasteiger partial charge on any atom is 0.251 e. The highest BCUT2D eigenvalue weighted by molar-refractivity contribution is 6.22. The summed E-state index contributed by atoms with van der Waals surface area (Å²) in [6.07, 6.45) is 5.70. The van der Waals surface area contributed by atoms with Crippen LogP contribution in [0.5, 0.6) is 5.75 Å². The number of ketones is 1. The van der Waals surface area contributed by atoms with Crippen LogP contribution in [0.3, 0.4) is 0 Å². The maximum atomic E-state index is 12.8. The van der Waals surface area contributed by atoms with Crippen LogP contribution < -0.4 is 9.64 Å². The Bertz CT molecular complexity index is 676. The van der Waals surface area contributed by atoms with Gasteiger partial charge in [-0.25, -0.2) is 4.90 Å². The minimum atomic E-state index is -0.444. The number of piperidine rings is 1. The van der Waals surface area contributed by atoms with E-state index in [0.29, 0.717) is 38.2 Å². The highest BCUT2D eigenvalue weighted by atomic mass is 16.5. The average Bonchev–Trinajstić information content (AvgIpc) is 2.97. The number of hydrogen-bond acceptors (Lipinski definition) is 5. The number of rotatable bonds is 8. The lowest BCUT2D eigenvalue weighted by molar-refractivity contribution is -0.127. The van der Waals surface area contributed by atoms with E-state index >= 15 is 0 Å². The van der Waals surface area contributed by atoms with Crippen LogP contribution in [0.1, 0.15) is 51.9 Å². The van der Waals surface area contributed by atoms with Gasteiger partial charge in [0, 0.05) is 25.9 Å². The van der Waals surface area contributed by atoms with Crippen molar-refractivity contribution in [1.82, 2.24) is 4.90 Å². The molecule has 0 bridgehead atoms. The second kappa shape index (κ2) is 9.13. The summed E-state index contributed by atoms with van der Waals surface area (Å²) in [5.41, 5.74) is 0.582. The van der Waals surface area contributed by atoms with E-state index in [2.05, 4.69) is 6.92 Å². The van der Waals surface area contributed by atoms with Crippen molar-refractivity contribution in [3.05, 3.63) is 24.3 Å². The molecule has 2 fully saturated rings. The van der Waals surface area contributed by atoms with Crippen molar-refractivity contribution in [3.8, 4) is 5.75 Å². The largest absolute Gasteiger partial charge is 0.494 e. The van der Waals surface area contributed by atoms with Gasteiger partial charge in [-0.1, -0.05) is 26.2 Å². The van der Waals surface area contributed by atoms with E-state index in [9.17, 15) is 14.4 Å². The number of hydrogen-bond donors (Lipinski definition) is 0. The molecule has 27 heavy (non-hydrogen) atoms. The predicted molar refractivity (Wildman–Crippen MR) is 103 cm³/mol. The average molecular weight is 372 g/mol. The second-order valence-corrected chi connectivity index (χ2v) is 7.26. The fourth-order valence-corrected chi connectivity index (χ4v) is 3.67. The van der Waals surface area contributed by atoms with Crippen molar-refractivity contribution in [2.24, 2.45) is 0 Å².